The first-order valence-corrected chi connectivity index (χ1v) is 6.97. The summed E-state index contributed by atoms with van der Waals surface area (Å²) >= 11 is 0. The summed E-state index contributed by atoms with van der Waals surface area (Å²) in [5.74, 6) is -0.712. The maximum absolute atomic E-state index is 12.4. The molecule has 0 saturated carbocycles. The smallest absolute Gasteiger partial charge is 0.308 e. The van der Waals surface area contributed by atoms with Crippen LogP contribution in [0.25, 0.3) is 5.65 Å². The molecule has 0 amide bonds. The maximum Gasteiger partial charge on any atom is 0.308 e. The van der Waals surface area contributed by atoms with Crippen molar-refractivity contribution in [2.45, 2.75) is 32.1 Å². The second-order valence-electron chi connectivity index (χ2n) is 5.34. The molecule has 0 radical (unpaired) electrons. The van der Waals surface area contributed by atoms with Crippen molar-refractivity contribution in [1.29, 1.82) is 0 Å². The van der Waals surface area contributed by atoms with Crippen LogP contribution in [0.1, 0.15) is 35.7 Å². The molecule has 1 aliphatic heterocycles. The van der Waals surface area contributed by atoms with Crippen LogP contribution in [-0.2, 0) is 16.0 Å². The molecule has 1 saturated heterocycles. The molecule has 3 rings (SSSR count). The topological polar surface area (TPSA) is 96.7 Å². The molecule has 2 N–H and O–H groups in total. The highest BCUT2D eigenvalue weighted by molar-refractivity contribution is 5.70. The minimum atomic E-state index is -1.03. The van der Waals surface area contributed by atoms with Crippen molar-refractivity contribution in [3.8, 4) is 0 Å². The number of carbonyl (C=O) groups is 1. The molecule has 0 aromatic carbocycles. The molecule has 1 aliphatic rings. The normalized spacial score (nSPS) is 16.4. The third kappa shape index (κ3) is 2.56. The van der Waals surface area contributed by atoms with Gasteiger partial charge in [-0.25, -0.2) is 9.50 Å². The summed E-state index contributed by atoms with van der Waals surface area (Å²) in [5.41, 5.74) is 1.85. The highest BCUT2D eigenvalue weighted by atomic mass is 16.5. The number of carboxylic acid groups (broad SMARTS) is 1. The van der Waals surface area contributed by atoms with Gasteiger partial charge in [-0.3, -0.25) is 14.7 Å². The van der Waals surface area contributed by atoms with E-state index in [4.69, 9.17) is 9.84 Å². The molecule has 0 bridgehead atoms. The number of H-pyrrole nitrogens is 1. The first-order chi connectivity index (χ1) is 10.1. The van der Waals surface area contributed by atoms with E-state index in [-0.39, 0.29) is 17.5 Å². The summed E-state index contributed by atoms with van der Waals surface area (Å²) in [4.78, 5) is 27.6. The number of nitrogens with one attached hydrogen (secondary N) is 1. The van der Waals surface area contributed by atoms with Crippen LogP contribution in [0.3, 0.4) is 0 Å². The summed E-state index contributed by atoms with van der Waals surface area (Å²) in [5, 5.41) is 12.0. The highest BCUT2D eigenvalue weighted by Crippen LogP contribution is 2.26. The molecule has 3 heterocycles. The largest absolute Gasteiger partial charge is 0.481 e. The Bertz CT molecular complexity index is 740. The van der Waals surface area contributed by atoms with Gasteiger partial charge < -0.3 is 9.84 Å². The Kier molecular flexibility index (Phi) is 3.50. The lowest BCUT2D eigenvalue weighted by Gasteiger charge is -2.20. The lowest BCUT2D eigenvalue weighted by Crippen LogP contribution is -2.24. The van der Waals surface area contributed by atoms with Crippen molar-refractivity contribution in [1.82, 2.24) is 14.6 Å². The monoisotopic (exact) mass is 291 g/mol. The summed E-state index contributed by atoms with van der Waals surface area (Å²) < 4.78 is 6.68. The number of aryl methyl sites for hydroxylation is 1. The van der Waals surface area contributed by atoms with Gasteiger partial charge in [0, 0.05) is 36.6 Å². The maximum atomic E-state index is 12.4. The summed E-state index contributed by atoms with van der Waals surface area (Å²) in [6, 6.07) is 1.87. The van der Waals surface area contributed by atoms with Crippen LogP contribution in [0, 0.1) is 6.92 Å². The second kappa shape index (κ2) is 5.33. The first kappa shape index (κ1) is 13.8. The van der Waals surface area contributed by atoms with E-state index in [0.29, 0.717) is 30.5 Å². The fraction of sp³-hybridized carbons (Fsp3) is 0.500. The zero-order chi connectivity index (χ0) is 15.0. The van der Waals surface area contributed by atoms with Crippen LogP contribution in [0.5, 0.6) is 0 Å². The molecule has 1 fully saturated rings. The van der Waals surface area contributed by atoms with E-state index in [1.807, 2.05) is 6.07 Å². The van der Waals surface area contributed by atoms with E-state index in [2.05, 4.69) is 10.1 Å². The van der Waals surface area contributed by atoms with E-state index in [9.17, 15) is 9.59 Å². The molecule has 0 unspecified atom stereocenters. The van der Waals surface area contributed by atoms with Crippen LogP contribution in [0.2, 0.25) is 0 Å². The fourth-order valence-electron chi connectivity index (χ4n) is 2.76. The summed E-state index contributed by atoms with van der Waals surface area (Å²) in [7, 11) is 0. The molecular formula is C14H17N3O4. The van der Waals surface area contributed by atoms with Crippen LogP contribution in [0.4, 0.5) is 0 Å². The van der Waals surface area contributed by atoms with E-state index in [1.54, 1.807) is 6.92 Å². The summed E-state index contributed by atoms with van der Waals surface area (Å²) in [6.07, 6.45) is 1.50. The van der Waals surface area contributed by atoms with Gasteiger partial charge in [0.25, 0.3) is 5.56 Å². The second-order valence-corrected chi connectivity index (χ2v) is 5.34. The number of aliphatic carboxylic acids is 1. The predicted molar refractivity (Wildman–Crippen MR) is 74.7 cm³/mol. The first-order valence-electron chi connectivity index (χ1n) is 6.97. The van der Waals surface area contributed by atoms with Gasteiger partial charge in [-0.15, -0.1) is 0 Å². The number of rotatable bonds is 3. The van der Waals surface area contributed by atoms with Gasteiger partial charge in [-0.05, 0) is 19.8 Å². The molecule has 0 aliphatic carbocycles. The molecule has 2 aromatic rings. The molecule has 7 nitrogen and oxygen atoms in total. The van der Waals surface area contributed by atoms with E-state index >= 15 is 0 Å². The van der Waals surface area contributed by atoms with Gasteiger partial charge in [-0.2, -0.15) is 0 Å². The lowest BCUT2D eigenvalue weighted by molar-refractivity contribution is -0.136. The third-order valence-corrected chi connectivity index (χ3v) is 3.92. The van der Waals surface area contributed by atoms with Crippen LogP contribution in [-0.4, -0.2) is 38.9 Å². The van der Waals surface area contributed by atoms with Crippen molar-refractivity contribution in [2.24, 2.45) is 0 Å². The SMILES string of the molecule is Cc1nc2cc(C3CCOCC3)[nH]n2c(=O)c1CC(=O)O. The van der Waals surface area contributed by atoms with Crippen molar-refractivity contribution >= 4 is 11.6 Å². The van der Waals surface area contributed by atoms with Crippen molar-refractivity contribution in [3.05, 3.63) is 33.4 Å². The van der Waals surface area contributed by atoms with Crippen molar-refractivity contribution in [2.75, 3.05) is 13.2 Å². The Hall–Kier alpha value is -2.15. The van der Waals surface area contributed by atoms with Crippen LogP contribution >= 0.6 is 0 Å². The quantitative estimate of drug-likeness (QED) is 0.874. The van der Waals surface area contributed by atoms with Crippen molar-refractivity contribution < 1.29 is 14.6 Å². The Morgan fingerprint density at radius 1 is 1.52 bits per heavy atom. The zero-order valence-corrected chi connectivity index (χ0v) is 11.8. The van der Waals surface area contributed by atoms with Gasteiger partial charge in [0.2, 0.25) is 0 Å². The zero-order valence-electron chi connectivity index (χ0n) is 11.8. The van der Waals surface area contributed by atoms with Gasteiger partial charge in [0.05, 0.1) is 12.0 Å². The van der Waals surface area contributed by atoms with E-state index in [1.165, 1.54) is 4.52 Å². The third-order valence-electron chi connectivity index (χ3n) is 3.92. The van der Waals surface area contributed by atoms with Gasteiger partial charge in [-0.1, -0.05) is 0 Å². The number of hydrogen-bond donors (Lipinski definition) is 2. The average Bonchev–Trinajstić information content (AvgIpc) is 2.88. The number of aromatic nitrogens is 3. The Balaban J connectivity index is 2.06. The standard InChI is InChI=1S/C14H17N3O4/c1-8-10(6-13(18)19)14(20)17-12(15-8)7-11(16-17)9-2-4-21-5-3-9/h7,9,16H,2-6H2,1H3,(H,18,19). The van der Waals surface area contributed by atoms with Crippen molar-refractivity contribution in [3.63, 3.8) is 0 Å². The molecule has 112 valence electrons. The van der Waals surface area contributed by atoms with Crippen LogP contribution in [0.15, 0.2) is 10.9 Å². The highest BCUT2D eigenvalue weighted by Gasteiger charge is 2.20. The number of ether oxygens (including phenoxy) is 1. The Morgan fingerprint density at radius 2 is 2.24 bits per heavy atom. The Morgan fingerprint density at radius 3 is 2.90 bits per heavy atom. The number of hydrogen-bond acceptors (Lipinski definition) is 4. The molecule has 0 spiro atoms. The number of carboxylic acids is 1. The number of nitrogens with zero attached hydrogens (tertiary/aromatic N) is 2. The minimum absolute atomic E-state index is 0.223. The van der Waals surface area contributed by atoms with E-state index in [0.717, 1.165) is 18.5 Å². The molecular weight excluding hydrogens is 274 g/mol. The summed E-state index contributed by atoms with van der Waals surface area (Å²) in [6.45, 7) is 3.10. The predicted octanol–water partition coefficient (Wildman–Crippen LogP) is 0.852. The van der Waals surface area contributed by atoms with Gasteiger partial charge >= 0.3 is 5.97 Å². The van der Waals surface area contributed by atoms with Crippen LogP contribution < -0.4 is 5.56 Å². The average molecular weight is 291 g/mol. The minimum Gasteiger partial charge on any atom is -0.481 e. The Labute approximate surface area is 120 Å². The lowest BCUT2D eigenvalue weighted by atomic mass is 9.97. The molecule has 0 atom stereocenters. The number of aromatic amines is 1. The van der Waals surface area contributed by atoms with E-state index < -0.39 is 5.97 Å². The van der Waals surface area contributed by atoms with Gasteiger partial charge in [0.15, 0.2) is 5.65 Å². The number of fused-ring (bicyclic) bond motifs is 1. The van der Waals surface area contributed by atoms with Gasteiger partial charge in [0.1, 0.15) is 0 Å². The fourth-order valence-corrected chi connectivity index (χ4v) is 2.76. The molecule has 7 heteroatoms. The molecule has 2 aromatic heterocycles. The molecule has 21 heavy (non-hydrogen) atoms.